The third kappa shape index (κ3) is 3.94. The number of para-hydroxylation sites is 1. The molecule has 1 aliphatic rings. The number of fused-ring (bicyclic) bond motifs is 2. The first-order valence-electron chi connectivity index (χ1n) is 9.87. The van der Waals surface area contributed by atoms with Gasteiger partial charge in [0.1, 0.15) is 11.8 Å². The van der Waals surface area contributed by atoms with Crippen LogP contribution in [0.15, 0.2) is 64.0 Å². The Morgan fingerprint density at radius 3 is 2.77 bits per heavy atom. The van der Waals surface area contributed by atoms with Crippen LogP contribution in [0.2, 0.25) is 5.02 Å². The van der Waals surface area contributed by atoms with Crippen LogP contribution in [0.25, 0.3) is 27.3 Å². The largest absolute Gasteiger partial charge is 0.463 e. The summed E-state index contributed by atoms with van der Waals surface area (Å²) in [5, 5.41) is 2.14. The van der Waals surface area contributed by atoms with E-state index in [0.717, 1.165) is 15.3 Å². The van der Waals surface area contributed by atoms with Crippen LogP contribution in [0.3, 0.4) is 0 Å². The third-order valence-electron chi connectivity index (χ3n) is 5.31. The lowest BCUT2D eigenvalue weighted by Gasteiger charge is -2.34. The number of piperazine rings is 1. The van der Waals surface area contributed by atoms with Crippen molar-refractivity contribution in [3.8, 4) is 0 Å². The maximum Gasteiger partial charge on any atom is 0.246 e. The summed E-state index contributed by atoms with van der Waals surface area (Å²) in [5.74, 6) is -0.122. The van der Waals surface area contributed by atoms with Gasteiger partial charge in [0.15, 0.2) is 10.6 Å². The summed E-state index contributed by atoms with van der Waals surface area (Å²) in [5.41, 5.74) is 1.68. The van der Waals surface area contributed by atoms with E-state index in [0.29, 0.717) is 47.7 Å². The molecule has 5 rings (SSSR count). The van der Waals surface area contributed by atoms with E-state index in [4.69, 9.17) is 16.0 Å². The molecule has 4 aromatic rings. The summed E-state index contributed by atoms with van der Waals surface area (Å²) < 4.78 is 6.55. The Balaban J connectivity index is 1.25. The molecule has 3 heterocycles. The molecule has 0 atom stereocenters. The molecule has 2 aromatic carbocycles. The van der Waals surface area contributed by atoms with Gasteiger partial charge in [-0.25, -0.2) is 4.98 Å². The van der Waals surface area contributed by atoms with Gasteiger partial charge in [0.25, 0.3) is 0 Å². The highest BCUT2D eigenvalue weighted by Gasteiger charge is 2.22. The number of thiazole rings is 1. The molecule has 156 valence electrons. The number of aromatic nitrogens is 1. The van der Waals surface area contributed by atoms with Gasteiger partial charge in [0.05, 0.1) is 21.2 Å². The van der Waals surface area contributed by atoms with Crippen molar-refractivity contribution in [1.82, 2.24) is 9.88 Å². The molecule has 0 spiro atoms. The summed E-state index contributed by atoms with van der Waals surface area (Å²) in [6, 6.07) is 12.7. The summed E-state index contributed by atoms with van der Waals surface area (Å²) in [6.07, 6.45) is 4.37. The molecule has 31 heavy (non-hydrogen) atoms. The Kier molecular flexibility index (Phi) is 5.21. The fraction of sp³-hybridized carbons (Fsp3) is 0.174. The molecular formula is C23H18ClN3O3S. The summed E-state index contributed by atoms with van der Waals surface area (Å²) >= 11 is 7.67. The number of carbonyl (C=O) groups excluding carboxylic acids is 1. The quantitative estimate of drug-likeness (QED) is 0.431. The Morgan fingerprint density at radius 2 is 1.94 bits per heavy atom. The molecule has 1 fully saturated rings. The molecule has 1 saturated heterocycles. The van der Waals surface area contributed by atoms with Gasteiger partial charge in [-0.1, -0.05) is 35.1 Å². The van der Waals surface area contributed by atoms with Crippen LogP contribution in [0.1, 0.15) is 5.56 Å². The lowest BCUT2D eigenvalue weighted by atomic mass is 10.1. The highest BCUT2D eigenvalue weighted by Crippen LogP contribution is 2.31. The van der Waals surface area contributed by atoms with Crippen molar-refractivity contribution < 1.29 is 9.21 Å². The smallest absolute Gasteiger partial charge is 0.246 e. The van der Waals surface area contributed by atoms with Crippen molar-refractivity contribution in [3.63, 3.8) is 0 Å². The molecule has 0 N–H and O–H groups in total. The van der Waals surface area contributed by atoms with Crippen molar-refractivity contribution in [2.24, 2.45) is 0 Å². The molecule has 8 heteroatoms. The van der Waals surface area contributed by atoms with Crippen LogP contribution in [0.4, 0.5) is 5.13 Å². The zero-order chi connectivity index (χ0) is 21.4. The first-order chi connectivity index (χ1) is 15.1. The van der Waals surface area contributed by atoms with Crippen molar-refractivity contribution in [3.05, 3.63) is 75.6 Å². The highest BCUT2D eigenvalue weighted by atomic mass is 35.5. The highest BCUT2D eigenvalue weighted by molar-refractivity contribution is 7.22. The molecular weight excluding hydrogens is 434 g/mol. The first kappa shape index (κ1) is 19.8. The van der Waals surface area contributed by atoms with Crippen molar-refractivity contribution in [2.45, 2.75) is 0 Å². The Bertz CT molecular complexity index is 1370. The fourth-order valence-electron chi connectivity index (χ4n) is 3.61. The molecule has 2 aromatic heterocycles. The summed E-state index contributed by atoms with van der Waals surface area (Å²) in [7, 11) is 0. The van der Waals surface area contributed by atoms with E-state index >= 15 is 0 Å². The van der Waals surface area contributed by atoms with Crippen molar-refractivity contribution in [2.75, 3.05) is 31.1 Å². The second-order valence-corrected chi connectivity index (χ2v) is 8.72. The Labute approximate surface area is 187 Å². The van der Waals surface area contributed by atoms with E-state index in [-0.39, 0.29) is 11.3 Å². The third-order valence-corrected chi connectivity index (χ3v) is 6.63. The van der Waals surface area contributed by atoms with Gasteiger partial charge in [-0.15, -0.1) is 0 Å². The second kappa shape index (κ2) is 8.17. The zero-order valence-corrected chi connectivity index (χ0v) is 18.0. The molecule has 0 aliphatic carbocycles. The molecule has 6 nitrogen and oxygen atoms in total. The Morgan fingerprint density at radius 1 is 1.13 bits per heavy atom. The predicted molar refractivity (Wildman–Crippen MR) is 125 cm³/mol. The number of halogens is 1. The van der Waals surface area contributed by atoms with Gasteiger partial charge in [-0.3, -0.25) is 9.59 Å². The number of rotatable bonds is 3. The van der Waals surface area contributed by atoms with Crippen LogP contribution in [0, 0.1) is 0 Å². The topological polar surface area (TPSA) is 66.7 Å². The first-order valence-corrected chi connectivity index (χ1v) is 11.1. The Hall–Kier alpha value is -3.16. The van der Waals surface area contributed by atoms with Crippen LogP contribution >= 0.6 is 22.9 Å². The number of hydrogen-bond acceptors (Lipinski definition) is 6. The molecule has 1 aliphatic heterocycles. The van der Waals surface area contributed by atoms with E-state index in [2.05, 4.69) is 9.88 Å². The van der Waals surface area contributed by atoms with Crippen LogP contribution < -0.4 is 10.3 Å². The van der Waals surface area contributed by atoms with Crippen LogP contribution in [0.5, 0.6) is 0 Å². The van der Waals surface area contributed by atoms with Gasteiger partial charge >= 0.3 is 0 Å². The minimum absolute atomic E-state index is 0.122. The van der Waals surface area contributed by atoms with Crippen LogP contribution in [-0.4, -0.2) is 42.0 Å². The zero-order valence-electron chi connectivity index (χ0n) is 16.5. The summed E-state index contributed by atoms with van der Waals surface area (Å²) in [6.45, 7) is 2.58. The molecule has 0 saturated carbocycles. The molecule has 0 bridgehead atoms. The molecule has 1 amide bonds. The number of benzene rings is 2. The fourth-order valence-corrected chi connectivity index (χ4v) is 4.91. The predicted octanol–water partition coefficient (Wildman–Crippen LogP) is 4.42. The van der Waals surface area contributed by atoms with E-state index in [9.17, 15) is 9.59 Å². The lowest BCUT2D eigenvalue weighted by Crippen LogP contribution is -2.48. The molecule has 0 radical (unpaired) electrons. The average molecular weight is 452 g/mol. The SMILES string of the molecule is O=C(/C=C/c1coc2ccccc2c1=O)N1CCN(c2nc3ccc(Cl)cc3s2)CC1. The maximum atomic E-state index is 12.6. The van der Waals surface area contributed by atoms with Gasteiger partial charge < -0.3 is 14.2 Å². The van der Waals surface area contributed by atoms with E-state index < -0.39 is 0 Å². The van der Waals surface area contributed by atoms with E-state index in [1.165, 1.54) is 18.4 Å². The monoisotopic (exact) mass is 451 g/mol. The minimum atomic E-state index is -0.147. The van der Waals surface area contributed by atoms with Crippen molar-refractivity contribution >= 4 is 61.2 Å². The van der Waals surface area contributed by atoms with Crippen molar-refractivity contribution in [1.29, 1.82) is 0 Å². The van der Waals surface area contributed by atoms with Gasteiger partial charge in [-0.05, 0) is 36.4 Å². The number of anilines is 1. The summed E-state index contributed by atoms with van der Waals surface area (Å²) in [4.78, 5) is 33.8. The number of hydrogen-bond donors (Lipinski definition) is 0. The minimum Gasteiger partial charge on any atom is -0.463 e. The normalized spacial score (nSPS) is 14.7. The average Bonchev–Trinajstić information content (AvgIpc) is 3.22. The van der Waals surface area contributed by atoms with Crippen LogP contribution in [-0.2, 0) is 4.79 Å². The van der Waals surface area contributed by atoms with Gasteiger partial charge in [0, 0.05) is 37.3 Å². The van der Waals surface area contributed by atoms with Gasteiger partial charge in [0.2, 0.25) is 5.91 Å². The molecule has 0 unspecified atom stereocenters. The second-order valence-electron chi connectivity index (χ2n) is 7.27. The number of amides is 1. The van der Waals surface area contributed by atoms with E-state index in [1.807, 2.05) is 24.3 Å². The number of nitrogens with zero attached hydrogens (tertiary/aromatic N) is 3. The lowest BCUT2D eigenvalue weighted by molar-refractivity contribution is -0.126. The van der Waals surface area contributed by atoms with Gasteiger partial charge in [-0.2, -0.15) is 0 Å². The number of carbonyl (C=O) groups is 1. The van der Waals surface area contributed by atoms with E-state index in [1.54, 1.807) is 34.4 Å². The standard InChI is InChI=1S/C23H18ClN3O3S/c24-16-6-7-18-20(13-16)31-23(25-18)27-11-9-26(10-12-27)21(28)8-5-15-14-30-19-4-2-1-3-17(19)22(15)29/h1-8,13-14H,9-12H2/b8-5+. The maximum absolute atomic E-state index is 12.6.